The highest BCUT2D eigenvalue weighted by molar-refractivity contribution is 7.89. The number of amides is 2. The van der Waals surface area contributed by atoms with Crippen molar-refractivity contribution in [2.75, 3.05) is 20.1 Å². The van der Waals surface area contributed by atoms with Gasteiger partial charge in [-0.25, -0.2) is 13.2 Å². The molecular formula is C32H37N5O5S. The van der Waals surface area contributed by atoms with Gasteiger partial charge in [0.2, 0.25) is 10.0 Å². The molecule has 2 heterocycles. The standard InChI is InChI=1S/C32H37N5O5S/c1-32(2,3)42-31(39)36-20-27-28(21-36)29(27)35-30(38)24-12-8-23(9-13-24)18-37(19-25-7-5-6-16-34-25)43(40,41)26-14-10-22(11-15-26)17-33-4/h5-17,27-29H,18-21H2,1-4H3,(H,35,38)/t27-,28+,29?. The van der Waals surface area contributed by atoms with Crippen LogP contribution in [0.3, 0.4) is 0 Å². The van der Waals surface area contributed by atoms with Crippen LogP contribution in [-0.2, 0) is 27.8 Å². The number of aromatic nitrogens is 1. The molecule has 1 unspecified atom stereocenters. The molecule has 2 aliphatic rings. The number of benzene rings is 2. The fourth-order valence-electron chi connectivity index (χ4n) is 5.34. The molecule has 0 radical (unpaired) electrons. The van der Waals surface area contributed by atoms with E-state index in [0.717, 1.165) is 11.1 Å². The molecule has 5 rings (SSSR count). The van der Waals surface area contributed by atoms with E-state index in [2.05, 4.69) is 15.3 Å². The minimum atomic E-state index is -3.86. The highest BCUT2D eigenvalue weighted by Gasteiger charge is 2.58. The second-order valence-electron chi connectivity index (χ2n) is 12.0. The highest BCUT2D eigenvalue weighted by atomic mass is 32.2. The Labute approximate surface area is 252 Å². The molecule has 2 amide bonds. The van der Waals surface area contributed by atoms with Gasteiger partial charge in [0.15, 0.2) is 0 Å². The van der Waals surface area contributed by atoms with Crippen LogP contribution in [0.4, 0.5) is 4.79 Å². The van der Waals surface area contributed by atoms with Gasteiger partial charge in [-0.2, -0.15) is 4.31 Å². The minimum Gasteiger partial charge on any atom is -0.444 e. The average molecular weight is 604 g/mol. The minimum absolute atomic E-state index is 0.0276. The van der Waals surface area contributed by atoms with Crippen LogP contribution in [0.2, 0.25) is 0 Å². The van der Waals surface area contributed by atoms with Crippen molar-refractivity contribution in [1.29, 1.82) is 0 Å². The molecule has 226 valence electrons. The first-order valence-corrected chi connectivity index (χ1v) is 15.7. The van der Waals surface area contributed by atoms with E-state index in [0.29, 0.717) is 24.3 Å². The lowest BCUT2D eigenvalue weighted by Gasteiger charge is -2.26. The number of ether oxygens (including phenoxy) is 1. The first-order valence-electron chi connectivity index (χ1n) is 14.2. The Hall–Kier alpha value is -4.09. The summed E-state index contributed by atoms with van der Waals surface area (Å²) in [7, 11) is -2.20. The number of carbonyl (C=O) groups is 2. The lowest BCUT2D eigenvalue weighted by atomic mass is 10.1. The molecule has 1 aliphatic carbocycles. The van der Waals surface area contributed by atoms with Crippen molar-refractivity contribution in [3.8, 4) is 0 Å². The number of carbonyl (C=O) groups excluding carboxylic acids is 2. The van der Waals surface area contributed by atoms with Crippen LogP contribution in [0.1, 0.15) is 48.0 Å². The first kappa shape index (κ1) is 30.4. The normalized spacial score (nSPS) is 19.8. The average Bonchev–Trinajstić information content (AvgIpc) is 3.39. The Balaban J connectivity index is 1.23. The highest BCUT2D eigenvalue weighted by Crippen LogP contribution is 2.46. The van der Waals surface area contributed by atoms with Gasteiger partial charge in [-0.3, -0.25) is 14.8 Å². The summed E-state index contributed by atoms with van der Waals surface area (Å²) >= 11 is 0. The number of fused-ring (bicyclic) bond motifs is 1. The third kappa shape index (κ3) is 7.29. The van der Waals surface area contributed by atoms with Crippen molar-refractivity contribution in [2.45, 2.75) is 50.4 Å². The topological polar surface area (TPSA) is 121 Å². The fraction of sp³-hybridized carbons (Fsp3) is 0.375. The van der Waals surface area contributed by atoms with Gasteiger partial charge < -0.3 is 15.0 Å². The van der Waals surface area contributed by atoms with Crippen LogP contribution in [0.15, 0.2) is 82.8 Å². The van der Waals surface area contributed by atoms with E-state index in [-0.39, 0.29) is 47.9 Å². The molecule has 43 heavy (non-hydrogen) atoms. The predicted molar refractivity (Wildman–Crippen MR) is 163 cm³/mol. The van der Waals surface area contributed by atoms with E-state index in [1.165, 1.54) is 4.31 Å². The van der Waals surface area contributed by atoms with E-state index in [9.17, 15) is 18.0 Å². The summed E-state index contributed by atoms with van der Waals surface area (Å²) < 4.78 is 34.3. The number of hydrogen-bond donors (Lipinski definition) is 1. The summed E-state index contributed by atoms with van der Waals surface area (Å²) in [5.41, 5.74) is 2.12. The number of pyridine rings is 1. The fourth-order valence-corrected chi connectivity index (χ4v) is 6.74. The Morgan fingerprint density at radius 3 is 2.28 bits per heavy atom. The SMILES string of the molecule is CN=Cc1ccc(S(=O)(=O)N(Cc2ccc(C(=O)NC3[C@H]4CN(C(=O)OC(C)(C)C)C[C@@H]34)cc2)Cc2ccccn2)cc1. The molecule has 1 N–H and O–H groups in total. The molecule has 0 spiro atoms. The number of nitrogens with one attached hydrogen (secondary N) is 1. The predicted octanol–water partition coefficient (Wildman–Crippen LogP) is 4.12. The summed E-state index contributed by atoms with van der Waals surface area (Å²) in [4.78, 5) is 35.5. The zero-order valence-electron chi connectivity index (χ0n) is 24.8. The smallest absolute Gasteiger partial charge is 0.410 e. The number of sulfonamides is 1. The summed E-state index contributed by atoms with van der Waals surface area (Å²) in [6, 6.07) is 19.0. The molecule has 1 saturated carbocycles. The molecule has 2 aromatic carbocycles. The number of piperidine rings is 1. The second-order valence-corrected chi connectivity index (χ2v) is 13.9. The van der Waals surface area contributed by atoms with Crippen molar-refractivity contribution in [3.05, 3.63) is 95.3 Å². The number of aliphatic imine (C=N–C) groups is 1. The van der Waals surface area contributed by atoms with E-state index in [1.807, 2.05) is 26.8 Å². The Morgan fingerprint density at radius 2 is 1.70 bits per heavy atom. The van der Waals surface area contributed by atoms with Crippen molar-refractivity contribution < 1.29 is 22.7 Å². The molecule has 1 aromatic heterocycles. The van der Waals surface area contributed by atoms with Crippen LogP contribution in [0, 0.1) is 11.8 Å². The molecule has 3 aromatic rings. The second kappa shape index (κ2) is 12.3. The zero-order chi connectivity index (χ0) is 30.8. The third-order valence-corrected chi connectivity index (χ3v) is 9.38. The molecule has 11 heteroatoms. The summed E-state index contributed by atoms with van der Waals surface area (Å²) in [6.45, 7) is 6.86. The summed E-state index contributed by atoms with van der Waals surface area (Å²) in [5, 5.41) is 3.09. The quantitative estimate of drug-likeness (QED) is 0.368. The van der Waals surface area contributed by atoms with Gasteiger partial charge in [-0.05, 0) is 68.3 Å². The number of rotatable bonds is 9. The lowest BCUT2D eigenvalue weighted by molar-refractivity contribution is 0.0270. The molecule has 3 atom stereocenters. The molecule has 0 bridgehead atoms. The zero-order valence-corrected chi connectivity index (χ0v) is 25.6. The maximum absolute atomic E-state index is 13.7. The van der Waals surface area contributed by atoms with E-state index < -0.39 is 15.6 Å². The first-order chi connectivity index (χ1) is 20.4. The summed E-state index contributed by atoms with van der Waals surface area (Å²) in [5.74, 6) is 0.261. The molecule has 10 nitrogen and oxygen atoms in total. The van der Waals surface area contributed by atoms with Crippen LogP contribution in [0.5, 0.6) is 0 Å². The van der Waals surface area contributed by atoms with Gasteiger partial charge >= 0.3 is 6.09 Å². The van der Waals surface area contributed by atoms with Crippen LogP contribution < -0.4 is 5.32 Å². The number of hydrogen-bond acceptors (Lipinski definition) is 7. The molecule has 1 aliphatic heterocycles. The van der Waals surface area contributed by atoms with Gasteiger partial charge in [-0.15, -0.1) is 0 Å². The van der Waals surface area contributed by atoms with Crippen molar-refractivity contribution in [3.63, 3.8) is 0 Å². The maximum atomic E-state index is 13.7. The Kier molecular flexibility index (Phi) is 8.66. The van der Waals surface area contributed by atoms with Crippen molar-refractivity contribution in [2.24, 2.45) is 16.8 Å². The monoisotopic (exact) mass is 603 g/mol. The van der Waals surface area contributed by atoms with Gasteiger partial charge in [-0.1, -0.05) is 30.3 Å². The van der Waals surface area contributed by atoms with Gasteiger partial charge in [0, 0.05) is 62.5 Å². The Bertz CT molecular complexity index is 1570. The van der Waals surface area contributed by atoms with Gasteiger partial charge in [0.1, 0.15) is 5.60 Å². The number of nitrogens with zero attached hydrogens (tertiary/aromatic N) is 4. The van der Waals surface area contributed by atoms with Crippen LogP contribution in [-0.4, -0.2) is 72.6 Å². The van der Waals surface area contributed by atoms with Crippen molar-refractivity contribution >= 4 is 28.2 Å². The summed E-state index contributed by atoms with van der Waals surface area (Å²) in [6.07, 6.45) is 2.98. The van der Waals surface area contributed by atoms with Gasteiger partial charge in [0.05, 0.1) is 17.1 Å². The molecular weight excluding hydrogens is 566 g/mol. The molecule has 2 fully saturated rings. The Morgan fingerprint density at radius 1 is 1.02 bits per heavy atom. The van der Waals surface area contributed by atoms with E-state index in [4.69, 9.17) is 4.74 Å². The lowest BCUT2D eigenvalue weighted by Crippen LogP contribution is -2.40. The molecule has 1 saturated heterocycles. The van der Waals surface area contributed by atoms with Gasteiger partial charge in [0.25, 0.3) is 5.91 Å². The van der Waals surface area contributed by atoms with E-state index >= 15 is 0 Å². The largest absolute Gasteiger partial charge is 0.444 e. The van der Waals surface area contributed by atoms with Crippen LogP contribution >= 0.6 is 0 Å². The third-order valence-electron chi connectivity index (χ3n) is 7.58. The van der Waals surface area contributed by atoms with Crippen LogP contribution in [0.25, 0.3) is 0 Å². The maximum Gasteiger partial charge on any atom is 0.410 e. The van der Waals surface area contributed by atoms with E-state index in [1.54, 1.807) is 85.0 Å². The number of likely N-dealkylation sites (tertiary alicyclic amines) is 1. The van der Waals surface area contributed by atoms with Crippen molar-refractivity contribution in [1.82, 2.24) is 19.5 Å².